The van der Waals surface area contributed by atoms with E-state index in [4.69, 9.17) is 5.41 Å². The Morgan fingerprint density at radius 3 is 2.69 bits per heavy atom. The number of halogens is 3. The van der Waals surface area contributed by atoms with Gasteiger partial charge in [-0.15, -0.1) is 13.2 Å². The standard InChI is InChI=1S/C9H7F3N2OS/c1-14-7-5(15-9(10,11)12)3-2-4-6(7)16-8(14)13/h2-4,13H,1H3. The van der Waals surface area contributed by atoms with Crippen LogP contribution in [0.15, 0.2) is 18.2 Å². The van der Waals surface area contributed by atoms with Gasteiger partial charge in [0.25, 0.3) is 0 Å². The Labute approximate surface area is 92.2 Å². The molecule has 16 heavy (non-hydrogen) atoms. The Bertz CT molecular complexity index is 584. The first-order valence-electron chi connectivity index (χ1n) is 4.27. The monoisotopic (exact) mass is 248 g/mol. The van der Waals surface area contributed by atoms with Crippen LogP contribution in [-0.2, 0) is 7.05 Å². The number of alkyl halides is 3. The summed E-state index contributed by atoms with van der Waals surface area (Å²) in [7, 11) is 1.53. The van der Waals surface area contributed by atoms with Crippen LogP contribution < -0.4 is 9.54 Å². The molecule has 0 fully saturated rings. The number of para-hydroxylation sites is 1. The van der Waals surface area contributed by atoms with Gasteiger partial charge < -0.3 is 9.30 Å². The van der Waals surface area contributed by atoms with Crippen LogP contribution in [0, 0.1) is 5.41 Å². The molecule has 0 saturated carbocycles. The fourth-order valence-corrected chi connectivity index (χ4v) is 2.31. The largest absolute Gasteiger partial charge is 0.573 e. The van der Waals surface area contributed by atoms with E-state index in [1.165, 1.54) is 23.7 Å². The van der Waals surface area contributed by atoms with Gasteiger partial charge in [-0.25, -0.2) is 0 Å². The first-order chi connectivity index (χ1) is 7.38. The fraction of sp³-hybridized carbons (Fsp3) is 0.222. The molecule has 0 aliphatic carbocycles. The predicted octanol–water partition coefficient (Wildman–Crippen LogP) is 2.62. The number of nitrogens with one attached hydrogen (secondary N) is 1. The number of nitrogens with zero attached hydrogens (tertiary/aromatic N) is 1. The molecule has 2 aromatic rings. The highest BCUT2D eigenvalue weighted by atomic mass is 32.1. The molecule has 1 aromatic carbocycles. The molecule has 0 spiro atoms. The third kappa shape index (κ3) is 1.90. The van der Waals surface area contributed by atoms with Crippen molar-refractivity contribution in [2.45, 2.75) is 6.36 Å². The van der Waals surface area contributed by atoms with Crippen LogP contribution >= 0.6 is 11.3 Å². The van der Waals surface area contributed by atoms with Gasteiger partial charge in [0.2, 0.25) is 0 Å². The van der Waals surface area contributed by atoms with E-state index in [2.05, 4.69) is 4.74 Å². The molecule has 0 radical (unpaired) electrons. The van der Waals surface area contributed by atoms with Crippen molar-refractivity contribution >= 4 is 21.6 Å². The molecule has 1 aromatic heterocycles. The normalized spacial score (nSPS) is 12.0. The van der Waals surface area contributed by atoms with Gasteiger partial charge >= 0.3 is 6.36 Å². The summed E-state index contributed by atoms with van der Waals surface area (Å²) < 4.78 is 42.3. The summed E-state index contributed by atoms with van der Waals surface area (Å²) in [6, 6.07) is 4.36. The van der Waals surface area contributed by atoms with Crippen molar-refractivity contribution in [1.82, 2.24) is 4.57 Å². The summed E-state index contributed by atoms with van der Waals surface area (Å²) in [6.07, 6.45) is -4.72. The minimum absolute atomic E-state index is 0.174. The number of aryl methyl sites for hydroxylation is 1. The summed E-state index contributed by atoms with van der Waals surface area (Å²) >= 11 is 1.10. The van der Waals surface area contributed by atoms with Gasteiger partial charge in [0.15, 0.2) is 10.6 Å². The Morgan fingerprint density at radius 2 is 2.06 bits per heavy atom. The molecule has 2 rings (SSSR count). The van der Waals surface area contributed by atoms with Crippen LogP contribution in [0.25, 0.3) is 10.2 Å². The number of hydrogen-bond acceptors (Lipinski definition) is 3. The highest BCUT2D eigenvalue weighted by Gasteiger charge is 2.32. The quantitative estimate of drug-likeness (QED) is 0.827. The van der Waals surface area contributed by atoms with Crippen molar-refractivity contribution in [3.63, 3.8) is 0 Å². The second-order valence-corrected chi connectivity index (χ2v) is 4.15. The zero-order chi connectivity index (χ0) is 11.9. The molecule has 0 aliphatic rings. The Hall–Kier alpha value is -1.50. The van der Waals surface area contributed by atoms with Crippen LogP contribution in [0.5, 0.6) is 5.75 Å². The van der Waals surface area contributed by atoms with E-state index in [-0.39, 0.29) is 16.1 Å². The smallest absolute Gasteiger partial charge is 0.403 e. The van der Waals surface area contributed by atoms with Gasteiger partial charge in [0, 0.05) is 7.05 Å². The molecule has 3 nitrogen and oxygen atoms in total. The van der Waals surface area contributed by atoms with Crippen molar-refractivity contribution in [3.8, 4) is 5.75 Å². The van der Waals surface area contributed by atoms with E-state index in [1.54, 1.807) is 6.07 Å². The van der Waals surface area contributed by atoms with Crippen molar-refractivity contribution in [1.29, 1.82) is 5.41 Å². The van der Waals surface area contributed by atoms with Crippen LogP contribution in [0.4, 0.5) is 13.2 Å². The van der Waals surface area contributed by atoms with Crippen LogP contribution in [0.2, 0.25) is 0 Å². The molecule has 0 bridgehead atoms. The summed E-state index contributed by atoms with van der Waals surface area (Å²) in [6.45, 7) is 0. The SMILES string of the molecule is Cn1c(=N)sc2cccc(OC(F)(F)F)c21. The Kier molecular flexibility index (Phi) is 2.42. The number of benzene rings is 1. The van der Waals surface area contributed by atoms with Crippen molar-refractivity contribution in [2.24, 2.45) is 7.05 Å². The third-order valence-electron chi connectivity index (χ3n) is 2.03. The van der Waals surface area contributed by atoms with E-state index in [1.807, 2.05) is 0 Å². The molecule has 1 heterocycles. The molecule has 0 saturated heterocycles. The zero-order valence-electron chi connectivity index (χ0n) is 8.13. The van der Waals surface area contributed by atoms with Crippen LogP contribution in [-0.4, -0.2) is 10.9 Å². The number of aromatic nitrogens is 1. The van der Waals surface area contributed by atoms with Gasteiger partial charge in [-0.3, -0.25) is 5.41 Å². The first-order valence-corrected chi connectivity index (χ1v) is 5.09. The molecule has 0 unspecified atom stereocenters. The lowest BCUT2D eigenvalue weighted by molar-refractivity contribution is -0.274. The van der Waals surface area contributed by atoms with Crippen molar-refractivity contribution in [2.75, 3.05) is 0 Å². The maximum absolute atomic E-state index is 12.1. The van der Waals surface area contributed by atoms with Gasteiger partial charge in [-0.1, -0.05) is 17.4 Å². The minimum Gasteiger partial charge on any atom is -0.403 e. The predicted molar refractivity (Wildman–Crippen MR) is 53.3 cm³/mol. The third-order valence-corrected chi connectivity index (χ3v) is 3.05. The van der Waals surface area contributed by atoms with E-state index >= 15 is 0 Å². The first kappa shape index (κ1) is 11.0. The highest BCUT2D eigenvalue weighted by Crippen LogP contribution is 2.31. The van der Waals surface area contributed by atoms with Crippen LogP contribution in [0.3, 0.4) is 0 Å². The molecule has 0 aliphatic heterocycles. The Balaban J connectivity index is 2.66. The Morgan fingerprint density at radius 1 is 1.38 bits per heavy atom. The van der Waals surface area contributed by atoms with Crippen molar-refractivity contribution < 1.29 is 17.9 Å². The van der Waals surface area contributed by atoms with Gasteiger partial charge in [-0.2, -0.15) is 0 Å². The van der Waals surface area contributed by atoms with Gasteiger partial charge in [0.1, 0.15) is 5.52 Å². The molecule has 0 atom stereocenters. The lowest BCUT2D eigenvalue weighted by atomic mass is 10.3. The topological polar surface area (TPSA) is 38.0 Å². The maximum Gasteiger partial charge on any atom is 0.573 e. The molecule has 0 amide bonds. The second-order valence-electron chi connectivity index (χ2n) is 3.12. The fourth-order valence-electron chi connectivity index (χ4n) is 1.40. The molecular weight excluding hydrogens is 241 g/mol. The average molecular weight is 248 g/mol. The second kappa shape index (κ2) is 3.51. The van der Waals surface area contributed by atoms with E-state index in [0.29, 0.717) is 4.70 Å². The number of hydrogen-bond donors (Lipinski definition) is 1. The summed E-state index contributed by atoms with van der Waals surface area (Å²) in [5.41, 5.74) is 0.287. The van der Waals surface area contributed by atoms with Crippen LogP contribution in [0.1, 0.15) is 0 Å². The van der Waals surface area contributed by atoms with Gasteiger partial charge in [0.05, 0.1) is 4.70 Å². The van der Waals surface area contributed by atoms with Crippen molar-refractivity contribution in [3.05, 3.63) is 23.0 Å². The minimum atomic E-state index is -4.72. The van der Waals surface area contributed by atoms with E-state index in [9.17, 15) is 13.2 Å². The lowest BCUT2D eigenvalue weighted by Gasteiger charge is -2.10. The molecular formula is C9H7F3N2OS. The summed E-state index contributed by atoms with van der Waals surface area (Å²) in [5, 5.41) is 7.52. The van der Waals surface area contributed by atoms with Gasteiger partial charge in [-0.05, 0) is 12.1 Å². The highest BCUT2D eigenvalue weighted by molar-refractivity contribution is 7.16. The van der Waals surface area contributed by atoms with E-state index < -0.39 is 6.36 Å². The molecule has 1 N–H and O–H groups in total. The lowest BCUT2D eigenvalue weighted by Crippen LogP contribution is -2.18. The number of fused-ring (bicyclic) bond motifs is 1. The number of ether oxygens (including phenoxy) is 1. The summed E-state index contributed by atoms with van der Waals surface area (Å²) in [4.78, 5) is 0.174. The summed E-state index contributed by atoms with van der Waals surface area (Å²) in [5.74, 6) is -0.276. The molecule has 7 heteroatoms. The van der Waals surface area contributed by atoms with E-state index in [0.717, 1.165) is 11.3 Å². The average Bonchev–Trinajstić information content (AvgIpc) is 2.41. The number of thiazole rings is 1. The maximum atomic E-state index is 12.1. The zero-order valence-corrected chi connectivity index (χ0v) is 8.95. The number of rotatable bonds is 1. The molecule has 86 valence electrons.